The Morgan fingerprint density at radius 2 is 2.22 bits per heavy atom. The van der Waals surface area contributed by atoms with Crippen LogP contribution in [0.2, 0.25) is 0 Å². The normalized spacial score (nSPS) is 23.6. The van der Waals surface area contributed by atoms with Crippen LogP contribution in [0, 0.1) is 5.92 Å². The van der Waals surface area contributed by atoms with Crippen LogP contribution >= 0.6 is 0 Å². The molecule has 1 fully saturated rings. The van der Waals surface area contributed by atoms with Gasteiger partial charge in [-0.15, -0.1) is 0 Å². The van der Waals surface area contributed by atoms with Gasteiger partial charge in [0.2, 0.25) is 0 Å². The molecule has 1 amide bonds. The van der Waals surface area contributed by atoms with Gasteiger partial charge in [0.05, 0.1) is 0 Å². The van der Waals surface area contributed by atoms with Gasteiger partial charge < -0.3 is 5.32 Å². The minimum atomic E-state index is -0.296. The van der Waals surface area contributed by atoms with Crippen LogP contribution in [-0.4, -0.2) is 22.1 Å². The van der Waals surface area contributed by atoms with Crippen LogP contribution in [0.4, 0.5) is 0 Å². The first-order valence-corrected chi connectivity index (χ1v) is 6.57. The van der Waals surface area contributed by atoms with E-state index in [9.17, 15) is 9.59 Å². The lowest BCUT2D eigenvalue weighted by Crippen LogP contribution is -2.42. The van der Waals surface area contributed by atoms with E-state index in [1.165, 1.54) is 31.4 Å². The maximum atomic E-state index is 12.0. The summed E-state index contributed by atoms with van der Waals surface area (Å²) in [5.74, 6) is 0.363. The molecule has 0 bridgehead atoms. The molecule has 2 N–H and O–H groups in total. The summed E-state index contributed by atoms with van der Waals surface area (Å²) in [6.45, 7) is 2.16. The van der Waals surface area contributed by atoms with Crippen molar-refractivity contribution in [3.8, 4) is 0 Å². The average molecular weight is 249 g/mol. The van der Waals surface area contributed by atoms with Gasteiger partial charge in [-0.2, -0.15) is 5.10 Å². The molecule has 1 aliphatic carbocycles. The summed E-state index contributed by atoms with van der Waals surface area (Å²) in [7, 11) is 0. The number of H-pyrrole nitrogens is 1. The summed E-state index contributed by atoms with van der Waals surface area (Å²) >= 11 is 0. The summed E-state index contributed by atoms with van der Waals surface area (Å²) in [6.07, 6.45) is 5.72. The van der Waals surface area contributed by atoms with Crippen LogP contribution in [0.25, 0.3) is 0 Å². The molecule has 1 aliphatic rings. The Labute approximate surface area is 106 Å². The molecule has 0 radical (unpaired) electrons. The number of hydrogen-bond acceptors (Lipinski definition) is 3. The number of rotatable bonds is 3. The number of nitrogens with one attached hydrogen (secondary N) is 2. The third-order valence-electron chi connectivity index (χ3n) is 3.66. The Kier molecular flexibility index (Phi) is 4.12. The quantitative estimate of drug-likeness (QED) is 0.851. The van der Waals surface area contributed by atoms with E-state index in [0.29, 0.717) is 5.92 Å². The van der Waals surface area contributed by atoms with Crippen molar-refractivity contribution >= 4 is 5.91 Å². The first-order valence-electron chi connectivity index (χ1n) is 6.57. The molecule has 98 valence electrons. The smallest absolute Gasteiger partial charge is 0.271 e. The van der Waals surface area contributed by atoms with E-state index in [2.05, 4.69) is 22.4 Å². The molecule has 2 atom stereocenters. The summed E-state index contributed by atoms with van der Waals surface area (Å²) in [5, 5.41) is 9.05. The van der Waals surface area contributed by atoms with E-state index in [1.807, 2.05) is 0 Å². The Morgan fingerprint density at radius 3 is 2.89 bits per heavy atom. The molecule has 5 heteroatoms. The number of carbonyl (C=O) groups is 1. The Balaban J connectivity index is 2.01. The van der Waals surface area contributed by atoms with Crippen molar-refractivity contribution in [3.05, 3.63) is 28.2 Å². The lowest BCUT2D eigenvalue weighted by atomic mass is 9.83. The highest BCUT2D eigenvalue weighted by Crippen LogP contribution is 2.26. The molecule has 0 saturated heterocycles. The number of aromatic nitrogens is 2. The molecular formula is C13H19N3O2. The SMILES string of the molecule is CCC1CCCCC1NC(=O)c1ccc(=O)[nH]n1. The third kappa shape index (κ3) is 2.97. The van der Waals surface area contributed by atoms with Crippen molar-refractivity contribution < 1.29 is 4.79 Å². The van der Waals surface area contributed by atoms with Crippen LogP contribution in [0.5, 0.6) is 0 Å². The van der Waals surface area contributed by atoms with Gasteiger partial charge in [0.1, 0.15) is 5.69 Å². The molecule has 18 heavy (non-hydrogen) atoms. The molecule has 0 aliphatic heterocycles. The largest absolute Gasteiger partial charge is 0.348 e. The van der Waals surface area contributed by atoms with Crippen molar-refractivity contribution in [3.63, 3.8) is 0 Å². The van der Waals surface area contributed by atoms with E-state index in [1.54, 1.807) is 0 Å². The number of hydrogen-bond donors (Lipinski definition) is 2. The monoisotopic (exact) mass is 249 g/mol. The Hall–Kier alpha value is -1.65. The first-order chi connectivity index (χ1) is 8.70. The van der Waals surface area contributed by atoms with Gasteiger partial charge in [-0.3, -0.25) is 9.59 Å². The van der Waals surface area contributed by atoms with Crippen molar-refractivity contribution in [1.82, 2.24) is 15.5 Å². The van der Waals surface area contributed by atoms with Crippen molar-refractivity contribution in [2.24, 2.45) is 5.92 Å². The molecule has 1 aromatic heterocycles. The second-order valence-corrected chi connectivity index (χ2v) is 4.84. The second-order valence-electron chi connectivity index (χ2n) is 4.84. The van der Waals surface area contributed by atoms with Gasteiger partial charge in [0, 0.05) is 12.1 Å². The van der Waals surface area contributed by atoms with Gasteiger partial charge in [-0.25, -0.2) is 5.10 Å². The van der Waals surface area contributed by atoms with Crippen molar-refractivity contribution in [1.29, 1.82) is 0 Å². The minimum Gasteiger partial charge on any atom is -0.348 e. The van der Waals surface area contributed by atoms with Gasteiger partial charge in [-0.05, 0) is 24.8 Å². The fourth-order valence-electron chi connectivity index (χ4n) is 2.60. The van der Waals surface area contributed by atoms with E-state index < -0.39 is 0 Å². The predicted octanol–water partition coefficient (Wildman–Crippen LogP) is 1.47. The van der Waals surface area contributed by atoms with Crippen molar-refractivity contribution in [2.75, 3.05) is 0 Å². The first kappa shape index (κ1) is 12.8. The molecular weight excluding hydrogens is 230 g/mol. The zero-order valence-corrected chi connectivity index (χ0v) is 10.6. The molecule has 5 nitrogen and oxygen atoms in total. The van der Waals surface area contributed by atoms with E-state index >= 15 is 0 Å². The zero-order valence-electron chi connectivity index (χ0n) is 10.6. The standard InChI is InChI=1S/C13H19N3O2/c1-2-9-5-3-4-6-10(9)14-13(18)11-7-8-12(17)16-15-11/h7-10H,2-6H2,1H3,(H,14,18)(H,16,17). The van der Waals surface area contributed by atoms with Crippen LogP contribution in [0.3, 0.4) is 0 Å². The second kappa shape index (κ2) is 5.80. The van der Waals surface area contributed by atoms with E-state index in [0.717, 1.165) is 12.8 Å². The van der Waals surface area contributed by atoms with E-state index in [4.69, 9.17) is 0 Å². The third-order valence-corrected chi connectivity index (χ3v) is 3.66. The lowest BCUT2D eigenvalue weighted by molar-refractivity contribution is 0.0898. The fraction of sp³-hybridized carbons (Fsp3) is 0.615. The lowest BCUT2D eigenvalue weighted by Gasteiger charge is -2.31. The van der Waals surface area contributed by atoms with Crippen LogP contribution < -0.4 is 10.9 Å². The Bertz CT molecular complexity index is 449. The van der Waals surface area contributed by atoms with Gasteiger partial charge in [0.15, 0.2) is 0 Å². The van der Waals surface area contributed by atoms with Gasteiger partial charge in [0.25, 0.3) is 11.5 Å². The van der Waals surface area contributed by atoms with Crippen LogP contribution in [-0.2, 0) is 0 Å². The highest BCUT2D eigenvalue weighted by Gasteiger charge is 2.25. The molecule has 1 heterocycles. The number of aromatic amines is 1. The Morgan fingerprint density at radius 1 is 1.44 bits per heavy atom. The minimum absolute atomic E-state index is 0.198. The van der Waals surface area contributed by atoms with Crippen LogP contribution in [0.1, 0.15) is 49.5 Å². The van der Waals surface area contributed by atoms with Gasteiger partial charge >= 0.3 is 0 Å². The highest BCUT2D eigenvalue weighted by atomic mass is 16.2. The molecule has 2 unspecified atom stereocenters. The molecule has 1 aromatic rings. The summed E-state index contributed by atoms with van der Waals surface area (Å²) < 4.78 is 0. The topological polar surface area (TPSA) is 74.8 Å². The molecule has 2 rings (SSSR count). The highest BCUT2D eigenvalue weighted by molar-refractivity contribution is 5.92. The number of nitrogens with zero attached hydrogens (tertiary/aromatic N) is 1. The number of amides is 1. The summed E-state index contributed by atoms with van der Waals surface area (Å²) in [4.78, 5) is 22.9. The zero-order chi connectivity index (χ0) is 13.0. The maximum Gasteiger partial charge on any atom is 0.271 e. The summed E-state index contributed by atoms with van der Waals surface area (Å²) in [5.41, 5.74) is -0.0225. The molecule has 0 aromatic carbocycles. The summed E-state index contributed by atoms with van der Waals surface area (Å²) in [6, 6.07) is 3.02. The average Bonchev–Trinajstić information content (AvgIpc) is 2.40. The number of carbonyl (C=O) groups excluding carboxylic acids is 1. The molecule has 0 spiro atoms. The van der Waals surface area contributed by atoms with Gasteiger partial charge in [-0.1, -0.05) is 26.2 Å². The van der Waals surface area contributed by atoms with E-state index in [-0.39, 0.29) is 23.2 Å². The fourth-order valence-corrected chi connectivity index (χ4v) is 2.60. The van der Waals surface area contributed by atoms with Crippen molar-refractivity contribution in [2.45, 2.75) is 45.1 Å². The maximum absolute atomic E-state index is 12.0. The predicted molar refractivity (Wildman–Crippen MR) is 68.4 cm³/mol. The molecule has 1 saturated carbocycles. The van der Waals surface area contributed by atoms with Crippen LogP contribution in [0.15, 0.2) is 16.9 Å².